The molecule has 0 aliphatic rings. The van der Waals surface area contributed by atoms with E-state index in [1.165, 1.54) is 6.07 Å². The quantitative estimate of drug-likeness (QED) is 0.467. The highest BCUT2D eigenvalue weighted by molar-refractivity contribution is 5.79. The average Bonchev–Trinajstić information content (AvgIpc) is 2.79. The number of hydrogen-bond acceptors (Lipinski definition) is 2. The summed E-state index contributed by atoms with van der Waals surface area (Å²) < 4.78 is 38.7. The molecular formula is C10H8F3N5. The largest absolute Gasteiger partial charge is 0.294 e. The van der Waals surface area contributed by atoms with Gasteiger partial charge in [0.15, 0.2) is 0 Å². The van der Waals surface area contributed by atoms with Crippen molar-refractivity contribution in [3.8, 4) is 0 Å². The standard InChI is InChI=1S/C10H8F3N5/c11-9(12)10(13)18-5-15-8-6(4-16-17-14)2-1-3-7(8)18/h1-3,5,9-10H,4H2. The number of imidazole rings is 1. The third kappa shape index (κ3) is 2.10. The molecule has 1 unspecified atom stereocenters. The Morgan fingerprint density at radius 2 is 2.17 bits per heavy atom. The third-order valence-corrected chi connectivity index (χ3v) is 2.47. The Bertz CT molecular complexity index is 603. The van der Waals surface area contributed by atoms with Crippen molar-refractivity contribution < 1.29 is 13.2 Å². The summed E-state index contributed by atoms with van der Waals surface area (Å²) >= 11 is 0. The number of hydrogen-bond donors (Lipinski definition) is 0. The normalized spacial score (nSPS) is 12.7. The molecule has 0 aliphatic carbocycles. The Kier molecular flexibility index (Phi) is 3.38. The molecule has 0 spiro atoms. The van der Waals surface area contributed by atoms with Gasteiger partial charge in [-0.25, -0.2) is 18.2 Å². The number of halogens is 3. The van der Waals surface area contributed by atoms with Gasteiger partial charge in [0, 0.05) is 4.91 Å². The zero-order valence-corrected chi connectivity index (χ0v) is 9.04. The van der Waals surface area contributed by atoms with E-state index in [1.807, 2.05) is 0 Å². The number of rotatable bonds is 4. The number of benzene rings is 1. The molecule has 1 heterocycles. The minimum atomic E-state index is -3.12. The van der Waals surface area contributed by atoms with Crippen LogP contribution in [0, 0.1) is 0 Å². The summed E-state index contributed by atoms with van der Waals surface area (Å²) in [5.74, 6) is 0. The van der Waals surface area contributed by atoms with E-state index in [0.29, 0.717) is 11.1 Å². The highest BCUT2D eigenvalue weighted by atomic mass is 19.3. The van der Waals surface area contributed by atoms with Crippen LogP contribution in [0.2, 0.25) is 0 Å². The van der Waals surface area contributed by atoms with Crippen LogP contribution in [0.15, 0.2) is 29.6 Å². The van der Waals surface area contributed by atoms with Gasteiger partial charge in [0.05, 0.1) is 23.9 Å². The summed E-state index contributed by atoms with van der Waals surface area (Å²) in [6.45, 7) is 0.0382. The maximum atomic E-state index is 13.3. The summed E-state index contributed by atoms with van der Waals surface area (Å²) in [6, 6.07) is 4.70. The molecule has 0 bridgehead atoms. The number of azide groups is 1. The molecule has 2 rings (SSSR count). The molecule has 18 heavy (non-hydrogen) atoms. The van der Waals surface area contributed by atoms with Gasteiger partial charge in [-0.15, -0.1) is 0 Å². The first-order valence-electron chi connectivity index (χ1n) is 5.02. The van der Waals surface area contributed by atoms with Crippen LogP contribution in [0.4, 0.5) is 13.2 Å². The van der Waals surface area contributed by atoms with Gasteiger partial charge >= 0.3 is 0 Å². The Balaban J connectivity index is 2.51. The molecule has 0 aliphatic heterocycles. The highest BCUT2D eigenvalue weighted by Gasteiger charge is 2.23. The molecule has 0 fully saturated rings. The lowest BCUT2D eigenvalue weighted by atomic mass is 10.2. The zero-order chi connectivity index (χ0) is 13.1. The van der Waals surface area contributed by atoms with E-state index in [1.54, 1.807) is 12.1 Å². The molecule has 5 nitrogen and oxygen atoms in total. The van der Waals surface area contributed by atoms with E-state index in [9.17, 15) is 13.2 Å². The first kappa shape index (κ1) is 12.3. The predicted molar refractivity (Wildman–Crippen MR) is 58.7 cm³/mol. The molecule has 0 saturated heterocycles. The Labute approximate surface area is 99.5 Å². The highest BCUT2D eigenvalue weighted by Crippen LogP contribution is 2.25. The first-order chi connectivity index (χ1) is 8.65. The van der Waals surface area contributed by atoms with Gasteiger partial charge in [-0.3, -0.25) is 4.57 Å². The van der Waals surface area contributed by atoms with Gasteiger partial charge in [0.2, 0.25) is 6.30 Å². The lowest BCUT2D eigenvalue weighted by molar-refractivity contribution is 0.0103. The number of alkyl halides is 3. The predicted octanol–water partition coefficient (Wildman–Crippen LogP) is 3.58. The maximum Gasteiger partial charge on any atom is 0.288 e. The fourth-order valence-electron chi connectivity index (χ4n) is 1.67. The summed E-state index contributed by atoms with van der Waals surface area (Å²) in [5.41, 5.74) is 9.40. The van der Waals surface area contributed by atoms with Gasteiger partial charge in [0.1, 0.15) is 0 Å². The second-order valence-electron chi connectivity index (χ2n) is 3.53. The zero-order valence-electron chi connectivity index (χ0n) is 9.04. The van der Waals surface area contributed by atoms with Crippen molar-refractivity contribution in [1.82, 2.24) is 9.55 Å². The van der Waals surface area contributed by atoms with E-state index in [2.05, 4.69) is 15.0 Å². The minimum Gasteiger partial charge on any atom is -0.294 e. The molecule has 8 heteroatoms. The van der Waals surface area contributed by atoms with E-state index in [0.717, 1.165) is 10.9 Å². The van der Waals surface area contributed by atoms with Crippen molar-refractivity contribution in [3.63, 3.8) is 0 Å². The Morgan fingerprint density at radius 3 is 2.83 bits per heavy atom. The second kappa shape index (κ2) is 4.97. The topological polar surface area (TPSA) is 66.6 Å². The Hall–Kier alpha value is -2.21. The van der Waals surface area contributed by atoms with E-state index in [4.69, 9.17) is 5.53 Å². The summed E-state index contributed by atoms with van der Waals surface area (Å²) in [4.78, 5) is 6.49. The minimum absolute atomic E-state index is 0.0382. The van der Waals surface area contributed by atoms with Gasteiger partial charge < -0.3 is 0 Å². The summed E-state index contributed by atoms with van der Waals surface area (Å²) in [5, 5.41) is 3.37. The van der Waals surface area contributed by atoms with E-state index in [-0.39, 0.29) is 12.1 Å². The molecule has 1 aromatic heterocycles. The molecule has 1 aromatic carbocycles. The average molecular weight is 255 g/mol. The fraction of sp³-hybridized carbons (Fsp3) is 0.300. The number of para-hydroxylation sites is 1. The molecule has 1 atom stereocenters. The van der Waals surface area contributed by atoms with Gasteiger partial charge in [-0.05, 0) is 17.2 Å². The van der Waals surface area contributed by atoms with Crippen LogP contribution in [-0.4, -0.2) is 16.0 Å². The van der Waals surface area contributed by atoms with Crippen molar-refractivity contribution in [1.29, 1.82) is 0 Å². The fourth-order valence-corrected chi connectivity index (χ4v) is 1.67. The molecule has 0 amide bonds. The van der Waals surface area contributed by atoms with Crippen molar-refractivity contribution in [3.05, 3.63) is 40.5 Å². The van der Waals surface area contributed by atoms with Crippen LogP contribution < -0.4 is 0 Å². The molecule has 0 saturated carbocycles. The van der Waals surface area contributed by atoms with Crippen LogP contribution in [0.3, 0.4) is 0 Å². The van der Waals surface area contributed by atoms with Gasteiger partial charge in [-0.1, -0.05) is 17.2 Å². The Morgan fingerprint density at radius 1 is 1.39 bits per heavy atom. The van der Waals surface area contributed by atoms with Crippen LogP contribution in [0.25, 0.3) is 21.5 Å². The number of fused-ring (bicyclic) bond motifs is 1. The SMILES string of the molecule is [N-]=[N+]=NCc1cccc2c1ncn2C(F)C(F)F. The third-order valence-electron chi connectivity index (χ3n) is 2.47. The lowest BCUT2D eigenvalue weighted by Gasteiger charge is -2.09. The van der Waals surface area contributed by atoms with Crippen LogP contribution >= 0.6 is 0 Å². The summed E-state index contributed by atoms with van der Waals surface area (Å²) in [7, 11) is 0. The van der Waals surface area contributed by atoms with E-state index < -0.39 is 12.7 Å². The molecular weight excluding hydrogens is 247 g/mol. The van der Waals surface area contributed by atoms with Crippen LogP contribution in [-0.2, 0) is 6.54 Å². The second-order valence-corrected chi connectivity index (χ2v) is 3.53. The van der Waals surface area contributed by atoms with Crippen molar-refractivity contribution in [2.75, 3.05) is 0 Å². The summed E-state index contributed by atoms with van der Waals surface area (Å²) in [6.07, 6.45) is -4.55. The van der Waals surface area contributed by atoms with E-state index >= 15 is 0 Å². The first-order valence-corrected chi connectivity index (χ1v) is 5.02. The molecule has 2 aromatic rings. The molecule has 94 valence electrons. The van der Waals surface area contributed by atoms with Crippen LogP contribution in [0.1, 0.15) is 11.9 Å². The molecule has 0 radical (unpaired) electrons. The van der Waals surface area contributed by atoms with Crippen LogP contribution in [0.5, 0.6) is 0 Å². The van der Waals surface area contributed by atoms with Crippen molar-refractivity contribution >= 4 is 11.0 Å². The lowest BCUT2D eigenvalue weighted by Crippen LogP contribution is -2.11. The monoisotopic (exact) mass is 255 g/mol. The number of nitrogens with zero attached hydrogens (tertiary/aromatic N) is 5. The number of aromatic nitrogens is 2. The van der Waals surface area contributed by atoms with Crippen molar-refractivity contribution in [2.24, 2.45) is 5.11 Å². The molecule has 0 N–H and O–H groups in total. The smallest absolute Gasteiger partial charge is 0.288 e. The van der Waals surface area contributed by atoms with Gasteiger partial charge in [0.25, 0.3) is 6.43 Å². The van der Waals surface area contributed by atoms with Crippen molar-refractivity contribution in [2.45, 2.75) is 19.3 Å². The maximum absolute atomic E-state index is 13.3. The van der Waals surface area contributed by atoms with Gasteiger partial charge in [-0.2, -0.15) is 0 Å².